The summed E-state index contributed by atoms with van der Waals surface area (Å²) in [6.45, 7) is 1.78. The van der Waals surface area contributed by atoms with Gasteiger partial charge in [-0.3, -0.25) is 4.72 Å². The number of nitrogens with zero attached hydrogens (tertiary/aromatic N) is 1. The normalized spacial score (nSPS) is 16.4. The highest BCUT2D eigenvalue weighted by molar-refractivity contribution is 7.92. The molecule has 1 fully saturated rings. The van der Waals surface area contributed by atoms with Crippen molar-refractivity contribution >= 4 is 21.4 Å². The van der Waals surface area contributed by atoms with Crippen LogP contribution in [0.1, 0.15) is 6.42 Å². The molecule has 0 amide bonds. The van der Waals surface area contributed by atoms with Crippen molar-refractivity contribution in [1.82, 2.24) is 0 Å². The van der Waals surface area contributed by atoms with E-state index in [-0.39, 0.29) is 11.0 Å². The van der Waals surface area contributed by atoms with Gasteiger partial charge < -0.3 is 14.4 Å². The van der Waals surface area contributed by atoms with Crippen molar-refractivity contribution in [3.8, 4) is 11.5 Å². The minimum atomic E-state index is -3.69. The summed E-state index contributed by atoms with van der Waals surface area (Å²) in [7, 11) is -1.96. The molecule has 0 bridgehead atoms. The Balaban J connectivity index is 1.41. The van der Waals surface area contributed by atoms with Crippen LogP contribution >= 0.6 is 0 Å². The van der Waals surface area contributed by atoms with Gasteiger partial charge in [-0.05, 0) is 67.1 Å². The van der Waals surface area contributed by atoms with E-state index in [2.05, 4.69) is 9.62 Å². The number of methoxy groups -OCH3 is 1. The number of hydrogen-bond acceptors (Lipinski definition) is 5. The minimum absolute atomic E-state index is 0.175. The zero-order valence-electron chi connectivity index (χ0n) is 16.7. The molecule has 1 unspecified atom stereocenters. The zero-order valence-corrected chi connectivity index (χ0v) is 17.5. The Morgan fingerprint density at radius 2 is 1.57 bits per heavy atom. The van der Waals surface area contributed by atoms with Crippen molar-refractivity contribution in [2.75, 3.05) is 29.8 Å². The van der Waals surface area contributed by atoms with Crippen LogP contribution in [0.25, 0.3) is 0 Å². The lowest BCUT2D eigenvalue weighted by Gasteiger charge is -2.19. The molecule has 1 heterocycles. The summed E-state index contributed by atoms with van der Waals surface area (Å²) in [5.74, 6) is 1.27. The first-order valence-corrected chi connectivity index (χ1v) is 11.3. The van der Waals surface area contributed by atoms with E-state index in [1.54, 1.807) is 31.4 Å². The third-order valence-electron chi connectivity index (χ3n) is 5.08. The van der Waals surface area contributed by atoms with Gasteiger partial charge in [0.1, 0.15) is 11.5 Å². The van der Waals surface area contributed by atoms with E-state index in [1.807, 2.05) is 42.5 Å². The van der Waals surface area contributed by atoms with Gasteiger partial charge >= 0.3 is 0 Å². The first kappa shape index (κ1) is 20.3. The Hall–Kier alpha value is -3.03. The molecule has 30 heavy (non-hydrogen) atoms. The summed E-state index contributed by atoms with van der Waals surface area (Å²) in [5, 5.41) is 0. The summed E-state index contributed by atoms with van der Waals surface area (Å²) in [5.41, 5.74) is 1.57. The molecule has 0 aliphatic carbocycles. The Morgan fingerprint density at radius 3 is 2.20 bits per heavy atom. The van der Waals surface area contributed by atoms with Gasteiger partial charge in [0.05, 0.1) is 11.0 Å². The Kier molecular flexibility index (Phi) is 5.92. The number of rotatable bonds is 7. The number of ether oxygens (including phenoxy) is 2. The lowest BCUT2D eigenvalue weighted by Crippen LogP contribution is -2.22. The van der Waals surface area contributed by atoms with Gasteiger partial charge in [0, 0.05) is 31.6 Å². The Morgan fingerprint density at radius 1 is 0.900 bits per heavy atom. The highest BCUT2D eigenvalue weighted by Gasteiger charge is 2.22. The first-order valence-electron chi connectivity index (χ1n) is 9.77. The second kappa shape index (κ2) is 8.77. The van der Waals surface area contributed by atoms with E-state index in [0.29, 0.717) is 17.2 Å². The highest BCUT2D eigenvalue weighted by atomic mass is 32.2. The number of hydrogen-bond donors (Lipinski definition) is 1. The molecule has 1 atom stereocenters. The smallest absolute Gasteiger partial charge is 0.261 e. The van der Waals surface area contributed by atoms with E-state index in [0.717, 1.165) is 25.2 Å². The summed E-state index contributed by atoms with van der Waals surface area (Å²) >= 11 is 0. The molecule has 1 aliphatic rings. The fourth-order valence-corrected chi connectivity index (χ4v) is 4.48. The molecule has 1 aliphatic heterocycles. The maximum atomic E-state index is 12.7. The number of para-hydroxylation sites is 1. The van der Waals surface area contributed by atoms with E-state index in [9.17, 15) is 8.42 Å². The average molecular weight is 425 g/mol. The lowest BCUT2D eigenvalue weighted by molar-refractivity contribution is 0.121. The maximum Gasteiger partial charge on any atom is 0.261 e. The lowest BCUT2D eigenvalue weighted by atomic mass is 10.2. The van der Waals surface area contributed by atoms with Crippen molar-refractivity contribution in [2.45, 2.75) is 17.4 Å². The number of benzene rings is 3. The van der Waals surface area contributed by atoms with Crippen molar-refractivity contribution in [1.29, 1.82) is 0 Å². The van der Waals surface area contributed by atoms with Crippen LogP contribution in [0.15, 0.2) is 83.8 Å². The van der Waals surface area contributed by atoms with Gasteiger partial charge in [-0.15, -0.1) is 0 Å². The first-order chi connectivity index (χ1) is 14.5. The SMILES string of the molecule is COC1CCN(c2ccc(NS(=O)(=O)c3ccc(Oc4ccccc4)cc3)cc2)C1. The molecule has 0 aromatic heterocycles. The van der Waals surface area contributed by atoms with Gasteiger partial charge in [0.2, 0.25) is 0 Å². The van der Waals surface area contributed by atoms with Crippen LogP contribution in [0.5, 0.6) is 11.5 Å². The molecular formula is C23H24N2O4S. The predicted molar refractivity (Wildman–Crippen MR) is 118 cm³/mol. The Labute approximate surface area is 177 Å². The molecule has 3 aromatic rings. The number of nitrogens with one attached hydrogen (secondary N) is 1. The van der Waals surface area contributed by atoms with E-state index >= 15 is 0 Å². The van der Waals surface area contributed by atoms with Crippen molar-refractivity contribution in [3.63, 3.8) is 0 Å². The molecule has 0 spiro atoms. The summed E-state index contributed by atoms with van der Waals surface area (Å²) in [4.78, 5) is 2.41. The largest absolute Gasteiger partial charge is 0.457 e. The van der Waals surface area contributed by atoms with Crippen LogP contribution < -0.4 is 14.4 Å². The topological polar surface area (TPSA) is 67.9 Å². The monoisotopic (exact) mass is 424 g/mol. The molecule has 4 rings (SSSR count). The summed E-state index contributed by atoms with van der Waals surface area (Å²) < 4.78 is 39.2. The molecular weight excluding hydrogens is 400 g/mol. The predicted octanol–water partition coefficient (Wildman–Crippen LogP) is 4.50. The standard InChI is InChI=1S/C23H24N2O4S/c1-28-22-15-16-25(17-22)19-9-7-18(8-10-19)24-30(26,27)23-13-11-21(12-14-23)29-20-5-3-2-4-6-20/h2-14,22,24H,15-17H2,1H3. The molecule has 3 aromatic carbocycles. The van der Waals surface area contributed by atoms with Gasteiger partial charge in [-0.25, -0.2) is 8.42 Å². The molecule has 1 N–H and O–H groups in total. The van der Waals surface area contributed by atoms with Gasteiger partial charge in [-0.2, -0.15) is 0 Å². The van der Waals surface area contributed by atoms with Crippen LogP contribution in [-0.4, -0.2) is 34.7 Å². The third-order valence-corrected chi connectivity index (χ3v) is 6.47. The van der Waals surface area contributed by atoms with Crippen LogP contribution in [0.4, 0.5) is 11.4 Å². The second-order valence-corrected chi connectivity index (χ2v) is 8.81. The van der Waals surface area contributed by atoms with Crippen molar-refractivity contribution in [3.05, 3.63) is 78.9 Å². The number of sulfonamides is 1. The summed E-state index contributed by atoms with van der Waals surface area (Å²) in [6, 6.07) is 23.1. The molecule has 0 radical (unpaired) electrons. The highest BCUT2D eigenvalue weighted by Crippen LogP contribution is 2.26. The molecule has 1 saturated heterocycles. The van der Waals surface area contributed by atoms with E-state index in [1.165, 1.54) is 12.1 Å². The van der Waals surface area contributed by atoms with Crippen LogP contribution in [0.3, 0.4) is 0 Å². The molecule has 7 heteroatoms. The van der Waals surface area contributed by atoms with Gasteiger partial charge in [-0.1, -0.05) is 18.2 Å². The fourth-order valence-electron chi connectivity index (χ4n) is 3.42. The second-order valence-electron chi connectivity index (χ2n) is 7.13. The summed E-state index contributed by atoms with van der Waals surface area (Å²) in [6.07, 6.45) is 1.24. The van der Waals surface area contributed by atoms with Crippen LogP contribution in [0.2, 0.25) is 0 Å². The van der Waals surface area contributed by atoms with Crippen LogP contribution in [-0.2, 0) is 14.8 Å². The van der Waals surface area contributed by atoms with Crippen molar-refractivity contribution in [2.24, 2.45) is 0 Å². The van der Waals surface area contributed by atoms with E-state index in [4.69, 9.17) is 9.47 Å². The molecule has 0 saturated carbocycles. The minimum Gasteiger partial charge on any atom is -0.457 e. The van der Waals surface area contributed by atoms with Crippen LogP contribution in [0, 0.1) is 0 Å². The molecule has 6 nitrogen and oxygen atoms in total. The Bertz CT molecular complexity index is 1070. The average Bonchev–Trinajstić information content (AvgIpc) is 3.24. The van der Waals surface area contributed by atoms with Gasteiger partial charge in [0.25, 0.3) is 10.0 Å². The van der Waals surface area contributed by atoms with Crippen molar-refractivity contribution < 1.29 is 17.9 Å². The fraction of sp³-hybridized carbons (Fsp3) is 0.217. The van der Waals surface area contributed by atoms with E-state index < -0.39 is 10.0 Å². The molecule has 156 valence electrons. The third kappa shape index (κ3) is 4.75. The number of anilines is 2. The maximum absolute atomic E-state index is 12.7. The zero-order chi connectivity index (χ0) is 21.0. The quantitative estimate of drug-likeness (QED) is 0.605. The van der Waals surface area contributed by atoms with Gasteiger partial charge in [0.15, 0.2) is 0 Å².